The summed E-state index contributed by atoms with van der Waals surface area (Å²) in [5.41, 5.74) is 1.75. The lowest BCUT2D eigenvalue weighted by Crippen LogP contribution is -2.01. The van der Waals surface area contributed by atoms with Gasteiger partial charge in [-0.1, -0.05) is 18.2 Å². The first-order valence-electron chi connectivity index (χ1n) is 6.02. The normalized spacial score (nSPS) is 11.0. The van der Waals surface area contributed by atoms with Gasteiger partial charge in [-0.05, 0) is 19.1 Å². The second-order valence-electron chi connectivity index (χ2n) is 4.30. The molecule has 19 heavy (non-hydrogen) atoms. The van der Waals surface area contributed by atoms with Crippen LogP contribution in [0.3, 0.4) is 0 Å². The third-order valence-electron chi connectivity index (χ3n) is 3.06. The SMILES string of the molecule is Cc1occc1SCC(=O)c1c[nH]c2ccccc12. The molecule has 0 saturated heterocycles. The Balaban J connectivity index is 1.79. The summed E-state index contributed by atoms with van der Waals surface area (Å²) in [6.07, 6.45) is 3.43. The molecule has 2 aromatic heterocycles. The van der Waals surface area contributed by atoms with Crippen LogP contribution in [0.4, 0.5) is 0 Å². The van der Waals surface area contributed by atoms with Crippen molar-refractivity contribution >= 4 is 28.4 Å². The van der Waals surface area contributed by atoms with Gasteiger partial charge >= 0.3 is 0 Å². The molecule has 1 N–H and O–H groups in total. The molecule has 0 unspecified atom stereocenters. The van der Waals surface area contributed by atoms with Gasteiger partial charge in [0.15, 0.2) is 5.78 Å². The van der Waals surface area contributed by atoms with Gasteiger partial charge in [-0.2, -0.15) is 0 Å². The minimum absolute atomic E-state index is 0.128. The van der Waals surface area contributed by atoms with Gasteiger partial charge < -0.3 is 9.40 Å². The van der Waals surface area contributed by atoms with Crippen LogP contribution in [0.25, 0.3) is 10.9 Å². The minimum Gasteiger partial charge on any atom is -0.468 e. The maximum absolute atomic E-state index is 12.3. The molecule has 2 heterocycles. The van der Waals surface area contributed by atoms with Crippen LogP contribution in [0.5, 0.6) is 0 Å². The maximum Gasteiger partial charge on any atom is 0.175 e. The highest BCUT2D eigenvalue weighted by Gasteiger charge is 2.13. The number of hydrogen-bond acceptors (Lipinski definition) is 3. The fraction of sp³-hybridized carbons (Fsp3) is 0.133. The molecule has 0 saturated carbocycles. The topological polar surface area (TPSA) is 46.0 Å². The van der Waals surface area contributed by atoms with E-state index >= 15 is 0 Å². The number of aromatic nitrogens is 1. The van der Waals surface area contributed by atoms with Crippen molar-refractivity contribution in [3.05, 3.63) is 54.1 Å². The second kappa shape index (κ2) is 4.97. The van der Waals surface area contributed by atoms with Crippen LogP contribution in [0.1, 0.15) is 16.1 Å². The lowest BCUT2D eigenvalue weighted by atomic mass is 10.1. The van der Waals surface area contributed by atoms with E-state index in [-0.39, 0.29) is 5.78 Å². The van der Waals surface area contributed by atoms with Crippen LogP contribution in [0, 0.1) is 6.92 Å². The highest BCUT2D eigenvalue weighted by Crippen LogP contribution is 2.25. The number of rotatable bonds is 4. The van der Waals surface area contributed by atoms with Crippen molar-refractivity contribution in [2.45, 2.75) is 11.8 Å². The van der Waals surface area contributed by atoms with Gasteiger partial charge in [-0.25, -0.2) is 0 Å². The molecule has 0 radical (unpaired) electrons. The van der Waals surface area contributed by atoms with Gasteiger partial charge in [0.1, 0.15) is 5.76 Å². The number of carbonyl (C=O) groups is 1. The van der Waals surface area contributed by atoms with E-state index < -0.39 is 0 Å². The number of aromatic amines is 1. The largest absolute Gasteiger partial charge is 0.468 e. The zero-order valence-electron chi connectivity index (χ0n) is 10.5. The summed E-state index contributed by atoms with van der Waals surface area (Å²) in [4.78, 5) is 16.4. The quantitative estimate of drug-likeness (QED) is 0.575. The van der Waals surface area contributed by atoms with Gasteiger partial charge in [0.2, 0.25) is 0 Å². The molecule has 3 aromatic rings. The first-order chi connectivity index (χ1) is 9.25. The van der Waals surface area contributed by atoms with Crippen molar-refractivity contribution in [1.82, 2.24) is 4.98 Å². The Bertz CT molecular complexity index is 726. The van der Waals surface area contributed by atoms with Crippen molar-refractivity contribution in [2.24, 2.45) is 0 Å². The molecule has 0 aliphatic rings. The highest BCUT2D eigenvalue weighted by atomic mass is 32.2. The second-order valence-corrected chi connectivity index (χ2v) is 5.32. The summed E-state index contributed by atoms with van der Waals surface area (Å²) in [6.45, 7) is 1.90. The number of para-hydroxylation sites is 1. The third kappa shape index (κ3) is 2.31. The summed E-state index contributed by atoms with van der Waals surface area (Å²) < 4.78 is 5.22. The monoisotopic (exact) mass is 271 g/mol. The van der Waals surface area contributed by atoms with Crippen molar-refractivity contribution in [3.8, 4) is 0 Å². The number of thioether (sulfide) groups is 1. The van der Waals surface area contributed by atoms with Crippen LogP contribution in [-0.4, -0.2) is 16.5 Å². The van der Waals surface area contributed by atoms with E-state index in [1.54, 1.807) is 12.5 Å². The molecule has 3 rings (SSSR count). The van der Waals surface area contributed by atoms with Gasteiger partial charge in [-0.3, -0.25) is 4.79 Å². The molecule has 96 valence electrons. The van der Waals surface area contributed by atoms with Crippen molar-refractivity contribution in [2.75, 3.05) is 5.75 Å². The highest BCUT2D eigenvalue weighted by molar-refractivity contribution is 8.00. The molecule has 4 heteroatoms. The van der Waals surface area contributed by atoms with Crippen molar-refractivity contribution in [3.63, 3.8) is 0 Å². The number of aryl methyl sites for hydroxylation is 1. The van der Waals surface area contributed by atoms with Gasteiger partial charge in [0, 0.05) is 27.6 Å². The number of ketones is 1. The summed E-state index contributed by atoms with van der Waals surface area (Å²) in [7, 11) is 0. The Morgan fingerprint density at radius 2 is 2.16 bits per heavy atom. The predicted octanol–water partition coefficient (Wildman–Crippen LogP) is 4.04. The first kappa shape index (κ1) is 12.1. The van der Waals surface area contributed by atoms with E-state index in [4.69, 9.17) is 4.42 Å². The Labute approximate surface area is 115 Å². The Morgan fingerprint density at radius 1 is 1.32 bits per heavy atom. The number of fused-ring (bicyclic) bond motifs is 1. The van der Waals surface area contributed by atoms with Crippen LogP contribution < -0.4 is 0 Å². The fourth-order valence-corrected chi connectivity index (χ4v) is 2.89. The molecule has 1 aromatic carbocycles. The Morgan fingerprint density at radius 3 is 2.95 bits per heavy atom. The standard InChI is InChI=1S/C15H13NO2S/c1-10-15(6-7-18-10)19-9-14(17)12-8-16-13-5-3-2-4-11(12)13/h2-8,16H,9H2,1H3. The summed E-state index contributed by atoms with van der Waals surface area (Å²) in [5, 5.41) is 0.983. The molecular weight excluding hydrogens is 258 g/mol. The molecule has 0 aliphatic heterocycles. The maximum atomic E-state index is 12.3. The van der Waals surface area contributed by atoms with E-state index in [1.165, 1.54) is 11.8 Å². The fourth-order valence-electron chi connectivity index (χ4n) is 2.05. The van der Waals surface area contributed by atoms with Gasteiger partial charge in [0.25, 0.3) is 0 Å². The molecule has 0 amide bonds. The zero-order valence-corrected chi connectivity index (χ0v) is 11.3. The van der Waals surface area contributed by atoms with Crippen LogP contribution in [0.15, 0.2) is 52.1 Å². The number of nitrogens with one attached hydrogen (secondary N) is 1. The molecule has 3 nitrogen and oxygen atoms in total. The first-order valence-corrected chi connectivity index (χ1v) is 7.00. The van der Waals surface area contributed by atoms with E-state index in [0.717, 1.165) is 27.1 Å². The van der Waals surface area contributed by atoms with Crippen LogP contribution in [0.2, 0.25) is 0 Å². The van der Waals surface area contributed by atoms with Gasteiger partial charge in [-0.15, -0.1) is 11.8 Å². The van der Waals surface area contributed by atoms with Crippen molar-refractivity contribution < 1.29 is 9.21 Å². The summed E-state index contributed by atoms with van der Waals surface area (Å²) >= 11 is 1.51. The summed E-state index contributed by atoms with van der Waals surface area (Å²) in [5.74, 6) is 1.40. The molecule has 0 spiro atoms. The lowest BCUT2D eigenvalue weighted by Gasteiger charge is -1.99. The molecule has 0 aliphatic carbocycles. The number of hydrogen-bond donors (Lipinski definition) is 1. The third-order valence-corrected chi connectivity index (χ3v) is 4.20. The number of H-pyrrole nitrogens is 1. The number of carbonyl (C=O) groups excluding carboxylic acids is 1. The number of benzene rings is 1. The van der Waals surface area contributed by atoms with Crippen LogP contribution in [-0.2, 0) is 0 Å². The van der Waals surface area contributed by atoms with Crippen LogP contribution >= 0.6 is 11.8 Å². The molecule has 0 bridgehead atoms. The molecular formula is C15H13NO2S. The average molecular weight is 271 g/mol. The van der Waals surface area contributed by atoms with E-state index in [1.807, 2.05) is 37.3 Å². The van der Waals surface area contributed by atoms with E-state index in [2.05, 4.69) is 4.98 Å². The van der Waals surface area contributed by atoms with E-state index in [0.29, 0.717) is 5.75 Å². The minimum atomic E-state index is 0.128. The van der Waals surface area contributed by atoms with Gasteiger partial charge in [0.05, 0.1) is 12.0 Å². The van der Waals surface area contributed by atoms with E-state index in [9.17, 15) is 4.79 Å². The lowest BCUT2D eigenvalue weighted by molar-refractivity contribution is 0.102. The molecule has 0 atom stereocenters. The predicted molar refractivity (Wildman–Crippen MR) is 76.8 cm³/mol. The summed E-state index contributed by atoms with van der Waals surface area (Å²) in [6, 6.07) is 9.73. The number of Topliss-reactive ketones (excluding diaryl/α,β-unsaturated/α-hetero) is 1. The smallest absolute Gasteiger partial charge is 0.175 e. The zero-order chi connectivity index (χ0) is 13.2. The Hall–Kier alpha value is -1.94. The van der Waals surface area contributed by atoms with Crippen molar-refractivity contribution in [1.29, 1.82) is 0 Å². The average Bonchev–Trinajstić information content (AvgIpc) is 3.02. The number of furan rings is 1. The molecule has 0 fully saturated rings. The Kier molecular flexibility index (Phi) is 3.17.